The molecule has 1 atom stereocenters. The number of hydrogen-bond acceptors (Lipinski definition) is 8. The fourth-order valence-electron chi connectivity index (χ4n) is 3.20. The summed E-state index contributed by atoms with van der Waals surface area (Å²) in [5.74, 6) is 0.0216. The van der Waals surface area contributed by atoms with E-state index in [0.717, 1.165) is 28.2 Å². The largest absolute Gasteiger partial charge is 0.502 e. The Labute approximate surface area is 161 Å². The van der Waals surface area contributed by atoms with Gasteiger partial charge >= 0.3 is 5.69 Å². The first-order chi connectivity index (χ1) is 13.5. The molecule has 11 heteroatoms. The lowest BCUT2D eigenvalue weighted by Gasteiger charge is -2.09. The van der Waals surface area contributed by atoms with Gasteiger partial charge in [-0.05, 0) is 30.9 Å². The molecule has 4 aromatic rings. The number of aliphatic hydroxyl groups is 1. The molecule has 142 valence electrons. The molecule has 1 aliphatic rings. The Morgan fingerprint density at radius 1 is 1.36 bits per heavy atom. The lowest BCUT2D eigenvalue weighted by Crippen LogP contribution is -2.06. The molecule has 3 heterocycles. The van der Waals surface area contributed by atoms with Gasteiger partial charge in [-0.3, -0.25) is 14.5 Å². The Kier molecular flexibility index (Phi) is 3.67. The third-order valence-electron chi connectivity index (χ3n) is 4.75. The maximum atomic E-state index is 11.0. The number of benzene rings is 1. The van der Waals surface area contributed by atoms with Gasteiger partial charge in [-0.2, -0.15) is 0 Å². The number of imidazole rings is 1. The predicted molar refractivity (Wildman–Crippen MR) is 98.8 cm³/mol. The van der Waals surface area contributed by atoms with Crippen LogP contribution in [0, 0.1) is 10.1 Å². The van der Waals surface area contributed by atoms with Gasteiger partial charge in [-0.25, -0.2) is 9.67 Å². The number of fused-ring (bicyclic) bond motifs is 1. The van der Waals surface area contributed by atoms with Crippen molar-refractivity contribution >= 4 is 21.9 Å². The minimum atomic E-state index is -1.00. The zero-order valence-electron chi connectivity index (χ0n) is 14.3. The second-order valence-electron chi connectivity index (χ2n) is 6.65. The molecule has 0 amide bonds. The standard InChI is InChI=1S/C17H14N6O4S/c24-13-4-3-10(5-12(13)23(26)27)22-7-11(19-20-22)16(25)15-17(9-1-2-9)28-14-6-18-8-21(14)15/h3-9,16,24-25H,1-2H2. The Morgan fingerprint density at radius 2 is 2.18 bits per heavy atom. The summed E-state index contributed by atoms with van der Waals surface area (Å²) >= 11 is 1.62. The van der Waals surface area contributed by atoms with E-state index in [1.807, 2.05) is 4.40 Å². The van der Waals surface area contributed by atoms with Crippen LogP contribution in [0.15, 0.2) is 36.9 Å². The molecule has 0 bridgehead atoms. The van der Waals surface area contributed by atoms with Gasteiger partial charge in [-0.15, -0.1) is 16.4 Å². The summed E-state index contributed by atoms with van der Waals surface area (Å²) in [7, 11) is 0. The van der Waals surface area contributed by atoms with Crippen molar-refractivity contribution in [2.45, 2.75) is 24.9 Å². The highest BCUT2D eigenvalue weighted by Gasteiger charge is 2.33. The van der Waals surface area contributed by atoms with Crippen LogP contribution in [0.25, 0.3) is 10.5 Å². The van der Waals surface area contributed by atoms with Crippen LogP contribution in [0.4, 0.5) is 5.69 Å². The van der Waals surface area contributed by atoms with Gasteiger partial charge in [0.05, 0.1) is 28.7 Å². The first-order valence-electron chi connectivity index (χ1n) is 8.55. The van der Waals surface area contributed by atoms with Crippen molar-refractivity contribution in [1.29, 1.82) is 0 Å². The predicted octanol–water partition coefficient (Wildman–Crippen LogP) is 2.55. The molecule has 10 nitrogen and oxygen atoms in total. The van der Waals surface area contributed by atoms with Gasteiger partial charge in [0.2, 0.25) is 0 Å². The number of hydrogen-bond donors (Lipinski definition) is 2. The summed E-state index contributed by atoms with van der Waals surface area (Å²) in [4.78, 5) is 16.6. The van der Waals surface area contributed by atoms with Crippen molar-refractivity contribution in [3.63, 3.8) is 0 Å². The molecule has 1 fully saturated rings. The molecule has 0 aliphatic heterocycles. The lowest BCUT2D eigenvalue weighted by atomic mass is 10.1. The molecular weight excluding hydrogens is 384 g/mol. The number of thiazole rings is 1. The van der Waals surface area contributed by atoms with Gasteiger partial charge in [0.15, 0.2) is 5.75 Å². The molecule has 3 aromatic heterocycles. The number of aromatic nitrogens is 5. The minimum Gasteiger partial charge on any atom is -0.502 e. The van der Waals surface area contributed by atoms with Crippen molar-refractivity contribution in [2.24, 2.45) is 0 Å². The van der Waals surface area contributed by atoms with Crippen molar-refractivity contribution in [3.8, 4) is 11.4 Å². The number of aliphatic hydroxyl groups excluding tert-OH is 1. The van der Waals surface area contributed by atoms with Crippen molar-refractivity contribution in [3.05, 3.63) is 63.3 Å². The van der Waals surface area contributed by atoms with Crippen molar-refractivity contribution in [2.75, 3.05) is 0 Å². The number of nitro benzene ring substituents is 1. The number of phenolic OH excluding ortho intramolecular Hbond substituents is 1. The van der Waals surface area contributed by atoms with Crippen LogP contribution >= 0.6 is 11.3 Å². The molecule has 2 N–H and O–H groups in total. The summed E-state index contributed by atoms with van der Waals surface area (Å²) in [6.07, 6.45) is 6.15. The Bertz CT molecular complexity index is 1210. The summed E-state index contributed by atoms with van der Waals surface area (Å²) < 4.78 is 3.20. The van der Waals surface area contributed by atoms with E-state index in [2.05, 4.69) is 15.3 Å². The lowest BCUT2D eigenvalue weighted by molar-refractivity contribution is -0.385. The first-order valence-corrected chi connectivity index (χ1v) is 9.37. The SMILES string of the molecule is O=[N+]([O-])c1cc(-n2cc(C(O)c3c(C4CC4)sc4cncn34)nn2)ccc1O. The normalized spacial score (nSPS) is 15.2. The topological polar surface area (TPSA) is 132 Å². The highest BCUT2D eigenvalue weighted by atomic mass is 32.1. The molecule has 1 unspecified atom stereocenters. The van der Waals surface area contributed by atoms with Gasteiger partial charge in [0.25, 0.3) is 0 Å². The van der Waals surface area contributed by atoms with E-state index >= 15 is 0 Å². The monoisotopic (exact) mass is 398 g/mol. The number of nitrogens with zero attached hydrogens (tertiary/aromatic N) is 6. The molecule has 1 aliphatic carbocycles. The summed E-state index contributed by atoms with van der Waals surface area (Å²) in [6, 6.07) is 3.92. The van der Waals surface area contributed by atoms with Crippen LogP contribution in [0.3, 0.4) is 0 Å². The fraction of sp³-hybridized carbons (Fsp3) is 0.235. The maximum absolute atomic E-state index is 11.0. The van der Waals surface area contributed by atoms with Crippen LogP contribution in [-0.4, -0.2) is 39.5 Å². The van der Waals surface area contributed by atoms with Gasteiger partial charge in [-0.1, -0.05) is 5.21 Å². The number of aromatic hydroxyl groups is 1. The second kappa shape index (κ2) is 6.11. The first kappa shape index (κ1) is 16.8. The average Bonchev–Trinajstić information content (AvgIpc) is 3.08. The quantitative estimate of drug-likeness (QED) is 0.390. The smallest absolute Gasteiger partial charge is 0.312 e. The highest BCUT2D eigenvalue weighted by Crippen LogP contribution is 2.47. The van der Waals surface area contributed by atoms with E-state index in [0.29, 0.717) is 17.3 Å². The Hall–Kier alpha value is -3.31. The molecule has 1 saturated carbocycles. The third kappa shape index (κ3) is 2.63. The van der Waals surface area contributed by atoms with E-state index in [1.54, 1.807) is 23.9 Å². The average molecular weight is 398 g/mol. The van der Waals surface area contributed by atoms with Gasteiger partial charge in [0.1, 0.15) is 23.0 Å². The van der Waals surface area contributed by atoms with Crippen LogP contribution in [0.1, 0.15) is 41.1 Å². The minimum absolute atomic E-state index is 0.325. The number of phenols is 1. The Morgan fingerprint density at radius 3 is 2.93 bits per heavy atom. The van der Waals surface area contributed by atoms with Crippen LogP contribution in [0.5, 0.6) is 5.75 Å². The van der Waals surface area contributed by atoms with E-state index in [-0.39, 0.29) is 0 Å². The molecule has 0 spiro atoms. The summed E-state index contributed by atoms with van der Waals surface area (Å²) in [5, 5.41) is 39.7. The van der Waals surface area contributed by atoms with Gasteiger partial charge < -0.3 is 10.2 Å². The van der Waals surface area contributed by atoms with E-state index in [4.69, 9.17) is 0 Å². The van der Waals surface area contributed by atoms with E-state index in [9.17, 15) is 20.3 Å². The molecule has 1 aromatic carbocycles. The van der Waals surface area contributed by atoms with Crippen LogP contribution in [-0.2, 0) is 0 Å². The zero-order chi connectivity index (χ0) is 19.4. The summed E-state index contributed by atoms with van der Waals surface area (Å²) in [5.41, 5.74) is 0.995. The fourth-order valence-corrected chi connectivity index (χ4v) is 4.50. The number of rotatable bonds is 5. The van der Waals surface area contributed by atoms with E-state index in [1.165, 1.54) is 29.1 Å². The third-order valence-corrected chi connectivity index (χ3v) is 6.02. The zero-order valence-corrected chi connectivity index (χ0v) is 15.2. The highest BCUT2D eigenvalue weighted by molar-refractivity contribution is 7.17. The Balaban J connectivity index is 1.53. The number of nitro groups is 1. The second-order valence-corrected chi connectivity index (χ2v) is 7.71. The van der Waals surface area contributed by atoms with E-state index < -0.39 is 22.5 Å². The molecule has 28 heavy (non-hydrogen) atoms. The van der Waals surface area contributed by atoms with Crippen LogP contribution < -0.4 is 0 Å². The molecule has 0 radical (unpaired) electrons. The maximum Gasteiger partial charge on any atom is 0.312 e. The van der Waals surface area contributed by atoms with Gasteiger partial charge in [0, 0.05) is 10.9 Å². The molecular formula is C17H14N6O4S. The van der Waals surface area contributed by atoms with Crippen molar-refractivity contribution < 1.29 is 15.1 Å². The van der Waals surface area contributed by atoms with Crippen LogP contribution in [0.2, 0.25) is 0 Å². The molecule has 5 rings (SSSR count). The molecule has 0 saturated heterocycles. The summed E-state index contributed by atoms with van der Waals surface area (Å²) in [6.45, 7) is 0. The van der Waals surface area contributed by atoms with Crippen molar-refractivity contribution in [1.82, 2.24) is 24.4 Å².